The SMILES string of the molecule is COc1cc2sccc2c(F)c1C#N. The van der Waals surface area contributed by atoms with Crippen LogP contribution in [0.5, 0.6) is 5.75 Å². The van der Waals surface area contributed by atoms with Crippen molar-refractivity contribution >= 4 is 21.4 Å². The number of halogens is 1. The predicted molar refractivity (Wildman–Crippen MR) is 53.1 cm³/mol. The molecule has 2 nitrogen and oxygen atoms in total. The summed E-state index contributed by atoms with van der Waals surface area (Å²) in [5.74, 6) is -0.206. The second kappa shape index (κ2) is 3.28. The zero-order chi connectivity index (χ0) is 10.1. The van der Waals surface area contributed by atoms with Crippen LogP contribution in [0.2, 0.25) is 0 Å². The van der Waals surface area contributed by atoms with E-state index in [1.54, 1.807) is 23.6 Å². The molecule has 0 unspecified atom stereocenters. The van der Waals surface area contributed by atoms with E-state index in [9.17, 15) is 4.39 Å². The maximum atomic E-state index is 13.7. The highest BCUT2D eigenvalue weighted by Gasteiger charge is 2.14. The molecule has 0 aliphatic heterocycles. The first-order chi connectivity index (χ1) is 6.77. The Kier molecular flexibility index (Phi) is 2.10. The van der Waals surface area contributed by atoms with E-state index in [1.807, 2.05) is 0 Å². The molecule has 0 radical (unpaired) electrons. The van der Waals surface area contributed by atoms with Crippen LogP contribution in [0.3, 0.4) is 0 Å². The average molecular weight is 207 g/mol. The molecule has 0 bridgehead atoms. The van der Waals surface area contributed by atoms with Gasteiger partial charge in [0.25, 0.3) is 0 Å². The molecule has 0 N–H and O–H groups in total. The van der Waals surface area contributed by atoms with Crippen LogP contribution in [0.15, 0.2) is 17.5 Å². The van der Waals surface area contributed by atoms with E-state index in [0.717, 1.165) is 4.70 Å². The van der Waals surface area contributed by atoms with Gasteiger partial charge in [-0.2, -0.15) is 5.26 Å². The van der Waals surface area contributed by atoms with Crippen molar-refractivity contribution in [3.8, 4) is 11.8 Å². The number of benzene rings is 1. The van der Waals surface area contributed by atoms with E-state index in [0.29, 0.717) is 11.1 Å². The van der Waals surface area contributed by atoms with Crippen LogP contribution in [0, 0.1) is 17.1 Å². The fourth-order valence-corrected chi connectivity index (χ4v) is 2.12. The second-order valence-corrected chi connectivity index (χ2v) is 3.66. The van der Waals surface area contributed by atoms with E-state index < -0.39 is 5.82 Å². The van der Waals surface area contributed by atoms with Crippen molar-refractivity contribution in [1.29, 1.82) is 5.26 Å². The lowest BCUT2D eigenvalue weighted by Crippen LogP contribution is -1.91. The largest absolute Gasteiger partial charge is 0.495 e. The number of ether oxygens (including phenoxy) is 1. The lowest BCUT2D eigenvalue weighted by Gasteiger charge is -2.03. The quantitative estimate of drug-likeness (QED) is 0.720. The van der Waals surface area contributed by atoms with Crippen LogP contribution in [0.4, 0.5) is 4.39 Å². The molecule has 2 aromatic rings. The van der Waals surface area contributed by atoms with Gasteiger partial charge in [0.15, 0.2) is 5.82 Å². The normalized spacial score (nSPS) is 10.1. The molecule has 1 aromatic heterocycles. The van der Waals surface area contributed by atoms with Gasteiger partial charge in [0.05, 0.1) is 7.11 Å². The van der Waals surface area contributed by atoms with Crippen LogP contribution in [-0.4, -0.2) is 7.11 Å². The maximum absolute atomic E-state index is 13.7. The third-order valence-electron chi connectivity index (χ3n) is 1.99. The van der Waals surface area contributed by atoms with Gasteiger partial charge in [-0.05, 0) is 17.5 Å². The molecule has 14 heavy (non-hydrogen) atoms. The van der Waals surface area contributed by atoms with Crippen molar-refractivity contribution in [3.63, 3.8) is 0 Å². The molecule has 0 spiro atoms. The summed E-state index contributed by atoms with van der Waals surface area (Å²) >= 11 is 1.42. The molecule has 1 aromatic carbocycles. The van der Waals surface area contributed by atoms with E-state index in [1.165, 1.54) is 18.4 Å². The highest BCUT2D eigenvalue weighted by atomic mass is 32.1. The van der Waals surface area contributed by atoms with Gasteiger partial charge in [0, 0.05) is 10.1 Å². The summed E-state index contributed by atoms with van der Waals surface area (Å²) in [4.78, 5) is 0. The van der Waals surface area contributed by atoms with Gasteiger partial charge in [-0.15, -0.1) is 11.3 Å². The van der Waals surface area contributed by atoms with Crippen molar-refractivity contribution in [1.82, 2.24) is 0 Å². The van der Waals surface area contributed by atoms with Gasteiger partial charge in [0.2, 0.25) is 0 Å². The van der Waals surface area contributed by atoms with Gasteiger partial charge >= 0.3 is 0 Å². The first-order valence-electron chi connectivity index (χ1n) is 3.91. The Morgan fingerprint density at radius 2 is 2.36 bits per heavy atom. The topological polar surface area (TPSA) is 33.0 Å². The Bertz CT molecular complexity index is 527. The smallest absolute Gasteiger partial charge is 0.153 e. The highest BCUT2D eigenvalue weighted by molar-refractivity contribution is 7.17. The Hall–Kier alpha value is -1.60. The number of hydrogen-bond donors (Lipinski definition) is 0. The highest BCUT2D eigenvalue weighted by Crippen LogP contribution is 2.32. The fourth-order valence-electron chi connectivity index (χ4n) is 1.31. The standard InChI is InChI=1S/C10H6FNOS/c1-13-8-4-9-6(2-3-14-9)10(11)7(8)5-12/h2-4H,1H3. The molecule has 2 rings (SSSR count). The molecule has 0 aliphatic rings. The molecular formula is C10H6FNOS. The predicted octanol–water partition coefficient (Wildman–Crippen LogP) is 2.92. The average Bonchev–Trinajstić information content (AvgIpc) is 2.65. The molecule has 0 aliphatic carbocycles. The van der Waals surface area contributed by atoms with Crippen molar-refractivity contribution < 1.29 is 9.13 Å². The van der Waals surface area contributed by atoms with Crippen molar-refractivity contribution in [3.05, 3.63) is 28.9 Å². The zero-order valence-electron chi connectivity index (χ0n) is 7.37. The minimum Gasteiger partial charge on any atom is -0.495 e. The van der Waals surface area contributed by atoms with Crippen LogP contribution in [0.1, 0.15) is 5.56 Å². The number of fused-ring (bicyclic) bond motifs is 1. The lowest BCUT2D eigenvalue weighted by molar-refractivity contribution is 0.411. The Balaban J connectivity index is 2.88. The molecule has 0 amide bonds. The first kappa shape index (κ1) is 8.97. The minimum atomic E-state index is -0.497. The summed E-state index contributed by atoms with van der Waals surface area (Å²) in [5, 5.41) is 11.0. The summed E-state index contributed by atoms with van der Waals surface area (Å²) in [6.07, 6.45) is 0. The van der Waals surface area contributed by atoms with Crippen LogP contribution >= 0.6 is 11.3 Å². The number of nitrogens with zero attached hydrogens (tertiary/aromatic N) is 1. The number of rotatable bonds is 1. The molecular weight excluding hydrogens is 201 g/mol. The van der Waals surface area contributed by atoms with Crippen molar-refractivity contribution in [2.75, 3.05) is 7.11 Å². The monoisotopic (exact) mass is 207 g/mol. The number of hydrogen-bond acceptors (Lipinski definition) is 3. The van der Waals surface area contributed by atoms with Crippen LogP contribution < -0.4 is 4.74 Å². The summed E-state index contributed by atoms with van der Waals surface area (Å²) in [6.45, 7) is 0. The summed E-state index contributed by atoms with van der Waals surface area (Å²) in [6, 6.07) is 5.15. The Morgan fingerprint density at radius 1 is 1.57 bits per heavy atom. The van der Waals surface area contributed by atoms with E-state index in [4.69, 9.17) is 10.00 Å². The first-order valence-corrected chi connectivity index (χ1v) is 4.79. The van der Waals surface area contributed by atoms with E-state index in [2.05, 4.69) is 0 Å². The molecule has 70 valence electrons. The van der Waals surface area contributed by atoms with E-state index in [-0.39, 0.29) is 5.56 Å². The van der Waals surface area contributed by atoms with Gasteiger partial charge < -0.3 is 4.74 Å². The fraction of sp³-hybridized carbons (Fsp3) is 0.100. The minimum absolute atomic E-state index is 0.0293. The van der Waals surface area contributed by atoms with Crippen molar-refractivity contribution in [2.45, 2.75) is 0 Å². The Morgan fingerprint density at radius 3 is 3.00 bits per heavy atom. The van der Waals surface area contributed by atoms with Gasteiger partial charge in [-0.3, -0.25) is 0 Å². The molecule has 0 saturated heterocycles. The Labute approximate surface area is 84.2 Å². The molecule has 0 fully saturated rings. The zero-order valence-corrected chi connectivity index (χ0v) is 8.19. The number of methoxy groups -OCH3 is 1. The molecule has 1 heterocycles. The number of thiophene rings is 1. The van der Waals surface area contributed by atoms with Crippen LogP contribution in [0.25, 0.3) is 10.1 Å². The lowest BCUT2D eigenvalue weighted by atomic mass is 10.1. The second-order valence-electron chi connectivity index (χ2n) is 2.71. The van der Waals surface area contributed by atoms with E-state index >= 15 is 0 Å². The third-order valence-corrected chi connectivity index (χ3v) is 2.86. The maximum Gasteiger partial charge on any atom is 0.153 e. The van der Waals surface area contributed by atoms with Crippen LogP contribution in [-0.2, 0) is 0 Å². The van der Waals surface area contributed by atoms with Gasteiger partial charge in [-0.1, -0.05) is 0 Å². The molecule has 0 saturated carbocycles. The number of nitriles is 1. The summed E-state index contributed by atoms with van der Waals surface area (Å²) < 4.78 is 19.4. The van der Waals surface area contributed by atoms with Gasteiger partial charge in [-0.25, -0.2) is 4.39 Å². The third kappa shape index (κ3) is 1.14. The summed E-state index contributed by atoms with van der Waals surface area (Å²) in [7, 11) is 1.43. The summed E-state index contributed by atoms with van der Waals surface area (Å²) in [5.41, 5.74) is -0.0293. The molecule has 4 heteroatoms. The van der Waals surface area contributed by atoms with Crippen molar-refractivity contribution in [2.24, 2.45) is 0 Å². The van der Waals surface area contributed by atoms with Gasteiger partial charge in [0.1, 0.15) is 17.4 Å². The molecule has 0 atom stereocenters.